The molecule has 0 atom stereocenters. The monoisotopic (exact) mass is 225 g/mol. The molecular weight excluding hydrogens is 210 g/mol. The lowest BCUT2D eigenvalue weighted by Crippen LogP contribution is -2.18. The molecule has 0 aliphatic heterocycles. The van der Waals surface area contributed by atoms with Gasteiger partial charge in [0.1, 0.15) is 0 Å². The Hall–Kier alpha value is -1.02. The van der Waals surface area contributed by atoms with Gasteiger partial charge in [-0.15, -0.1) is 11.6 Å². The Balaban J connectivity index is 2.45. The lowest BCUT2D eigenvalue weighted by atomic mass is 10.1. The van der Waals surface area contributed by atoms with E-state index in [0.717, 1.165) is 18.4 Å². The summed E-state index contributed by atoms with van der Waals surface area (Å²) in [5.41, 5.74) is 2.42. The van der Waals surface area contributed by atoms with Crippen molar-refractivity contribution in [3.05, 3.63) is 35.4 Å². The van der Waals surface area contributed by atoms with Gasteiger partial charge in [-0.05, 0) is 24.0 Å². The number of carbonyl (C=O) groups excluding carboxylic acids is 1. The molecule has 0 fully saturated rings. The average Bonchev–Trinajstić information content (AvgIpc) is 2.25. The second kappa shape index (κ2) is 6.46. The number of aryl methyl sites for hydroxylation is 1. The van der Waals surface area contributed by atoms with Gasteiger partial charge in [0.05, 0.1) is 0 Å². The van der Waals surface area contributed by atoms with E-state index in [9.17, 15) is 4.79 Å². The van der Waals surface area contributed by atoms with Crippen LogP contribution in [0.5, 0.6) is 0 Å². The lowest BCUT2D eigenvalue weighted by molar-refractivity contribution is -0.119. The lowest BCUT2D eigenvalue weighted by Gasteiger charge is -2.04. The van der Waals surface area contributed by atoms with Gasteiger partial charge in [0, 0.05) is 19.3 Å². The predicted octanol–water partition coefficient (Wildman–Crippen LogP) is 2.49. The van der Waals surface area contributed by atoms with Crippen molar-refractivity contribution >= 4 is 17.5 Å². The van der Waals surface area contributed by atoms with E-state index in [4.69, 9.17) is 11.6 Å². The standard InChI is InChI=1S/C12H16ClNO/c1-10(15)14-9-12-6-4-11(5-7-12)3-2-8-13/h4-7H,2-3,8-9H2,1H3,(H,14,15). The van der Waals surface area contributed by atoms with E-state index in [1.807, 2.05) is 12.1 Å². The van der Waals surface area contributed by atoms with E-state index in [-0.39, 0.29) is 5.91 Å². The first-order valence-electron chi connectivity index (χ1n) is 5.10. The minimum absolute atomic E-state index is 0.00113. The molecule has 0 bridgehead atoms. The van der Waals surface area contributed by atoms with Crippen molar-refractivity contribution in [1.29, 1.82) is 0 Å². The molecule has 0 unspecified atom stereocenters. The predicted molar refractivity (Wildman–Crippen MR) is 63.0 cm³/mol. The van der Waals surface area contributed by atoms with Crippen LogP contribution >= 0.6 is 11.6 Å². The molecule has 1 aromatic rings. The quantitative estimate of drug-likeness (QED) is 0.767. The summed E-state index contributed by atoms with van der Waals surface area (Å²) in [6.45, 7) is 2.12. The molecule has 0 saturated carbocycles. The molecule has 82 valence electrons. The van der Waals surface area contributed by atoms with Crippen molar-refractivity contribution in [3.8, 4) is 0 Å². The highest BCUT2D eigenvalue weighted by atomic mass is 35.5. The number of halogens is 1. The highest BCUT2D eigenvalue weighted by molar-refractivity contribution is 6.17. The van der Waals surface area contributed by atoms with E-state index in [1.54, 1.807) is 0 Å². The Morgan fingerprint density at radius 3 is 2.40 bits per heavy atom. The summed E-state index contributed by atoms with van der Waals surface area (Å²) in [6.07, 6.45) is 2.02. The van der Waals surface area contributed by atoms with Crippen molar-refractivity contribution in [3.63, 3.8) is 0 Å². The van der Waals surface area contributed by atoms with Crippen molar-refractivity contribution in [2.45, 2.75) is 26.3 Å². The van der Waals surface area contributed by atoms with E-state index in [1.165, 1.54) is 12.5 Å². The summed E-state index contributed by atoms with van der Waals surface area (Å²) in [4.78, 5) is 10.7. The van der Waals surface area contributed by atoms with E-state index in [2.05, 4.69) is 17.4 Å². The first-order chi connectivity index (χ1) is 7.22. The van der Waals surface area contributed by atoms with Crippen LogP contribution in [0.3, 0.4) is 0 Å². The molecule has 1 amide bonds. The largest absolute Gasteiger partial charge is 0.352 e. The third-order valence-corrected chi connectivity index (χ3v) is 2.43. The van der Waals surface area contributed by atoms with E-state index in [0.29, 0.717) is 12.4 Å². The number of hydrogen-bond acceptors (Lipinski definition) is 1. The minimum atomic E-state index is 0.00113. The van der Waals surface area contributed by atoms with Crippen LogP contribution in [-0.2, 0) is 17.8 Å². The second-order valence-corrected chi connectivity index (χ2v) is 3.90. The molecular formula is C12H16ClNO. The number of nitrogens with one attached hydrogen (secondary N) is 1. The summed E-state index contributed by atoms with van der Waals surface area (Å²) < 4.78 is 0. The maximum atomic E-state index is 10.7. The van der Waals surface area contributed by atoms with Crippen molar-refractivity contribution in [1.82, 2.24) is 5.32 Å². The zero-order valence-corrected chi connectivity index (χ0v) is 9.68. The zero-order chi connectivity index (χ0) is 11.1. The van der Waals surface area contributed by atoms with E-state index >= 15 is 0 Å². The first-order valence-corrected chi connectivity index (χ1v) is 5.64. The summed E-state index contributed by atoms with van der Waals surface area (Å²) in [7, 11) is 0. The fraction of sp³-hybridized carbons (Fsp3) is 0.417. The minimum Gasteiger partial charge on any atom is -0.352 e. The topological polar surface area (TPSA) is 29.1 Å². The van der Waals surface area contributed by atoms with E-state index < -0.39 is 0 Å². The summed E-state index contributed by atoms with van der Waals surface area (Å²) in [5, 5.41) is 2.76. The highest BCUT2D eigenvalue weighted by Crippen LogP contribution is 2.07. The van der Waals surface area contributed by atoms with Gasteiger partial charge in [-0.3, -0.25) is 4.79 Å². The molecule has 15 heavy (non-hydrogen) atoms. The van der Waals surface area contributed by atoms with Gasteiger partial charge in [0.25, 0.3) is 0 Å². The molecule has 3 heteroatoms. The third kappa shape index (κ3) is 4.84. The number of amides is 1. The molecule has 0 heterocycles. The van der Waals surface area contributed by atoms with Gasteiger partial charge in [-0.25, -0.2) is 0 Å². The van der Waals surface area contributed by atoms with Crippen LogP contribution in [0.25, 0.3) is 0 Å². The Bertz CT molecular complexity index is 308. The maximum absolute atomic E-state index is 10.7. The molecule has 2 nitrogen and oxygen atoms in total. The van der Waals surface area contributed by atoms with Crippen LogP contribution in [0.1, 0.15) is 24.5 Å². The Labute approximate surface area is 95.6 Å². The molecule has 0 spiro atoms. The van der Waals surface area contributed by atoms with Gasteiger partial charge < -0.3 is 5.32 Å². The fourth-order valence-corrected chi connectivity index (χ4v) is 1.45. The third-order valence-electron chi connectivity index (χ3n) is 2.16. The number of benzene rings is 1. The summed E-state index contributed by atoms with van der Waals surface area (Å²) in [5.74, 6) is 0.703. The second-order valence-electron chi connectivity index (χ2n) is 3.52. The van der Waals surface area contributed by atoms with Crippen LogP contribution in [0.4, 0.5) is 0 Å². The Morgan fingerprint density at radius 1 is 1.27 bits per heavy atom. The highest BCUT2D eigenvalue weighted by Gasteiger charge is 1.96. The first kappa shape index (κ1) is 12.1. The average molecular weight is 226 g/mol. The maximum Gasteiger partial charge on any atom is 0.217 e. The summed E-state index contributed by atoms with van der Waals surface area (Å²) >= 11 is 5.62. The van der Waals surface area contributed by atoms with Crippen molar-refractivity contribution in [2.24, 2.45) is 0 Å². The molecule has 0 aromatic heterocycles. The number of alkyl halides is 1. The molecule has 1 rings (SSSR count). The van der Waals surface area contributed by atoms with Gasteiger partial charge >= 0.3 is 0 Å². The van der Waals surface area contributed by atoms with Crippen LogP contribution in [0, 0.1) is 0 Å². The van der Waals surface area contributed by atoms with Crippen LogP contribution < -0.4 is 5.32 Å². The van der Waals surface area contributed by atoms with Gasteiger partial charge in [-0.2, -0.15) is 0 Å². The number of hydrogen-bond donors (Lipinski definition) is 1. The Kier molecular flexibility index (Phi) is 5.19. The molecule has 0 saturated heterocycles. The molecule has 1 aromatic carbocycles. The molecule has 0 radical (unpaired) electrons. The van der Waals surface area contributed by atoms with Crippen LogP contribution in [0.2, 0.25) is 0 Å². The van der Waals surface area contributed by atoms with Crippen molar-refractivity contribution < 1.29 is 4.79 Å². The van der Waals surface area contributed by atoms with Gasteiger partial charge in [0.2, 0.25) is 5.91 Å². The normalized spacial score (nSPS) is 10.0. The summed E-state index contributed by atoms with van der Waals surface area (Å²) in [6, 6.07) is 8.26. The van der Waals surface area contributed by atoms with Crippen LogP contribution in [-0.4, -0.2) is 11.8 Å². The fourth-order valence-electron chi connectivity index (χ4n) is 1.32. The van der Waals surface area contributed by atoms with Crippen molar-refractivity contribution in [2.75, 3.05) is 5.88 Å². The smallest absolute Gasteiger partial charge is 0.217 e. The van der Waals surface area contributed by atoms with Gasteiger partial charge in [-0.1, -0.05) is 24.3 Å². The molecule has 1 N–H and O–H groups in total. The Morgan fingerprint density at radius 2 is 1.87 bits per heavy atom. The number of carbonyl (C=O) groups is 1. The van der Waals surface area contributed by atoms with Crippen LogP contribution in [0.15, 0.2) is 24.3 Å². The number of rotatable bonds is 5. The molecule has 0 aliphatic rings. The molecule has 0 aliphatic carbocycles. The van der Waals surface area contributed by atoms with Gasteiger partial charge in [0.15, 0.2) is 0 Å². The SMILES string of the molecule is CC(=O)NCc1ccc(CCCCl)cc1. The zero-order valence-electron chi connectivity index (χ0n) is 8.92.